The highest BCUT2D eigenvalue weighted by molar-refractivity contribution is 4.83. The Labute approximate surface area is 101 Å². The Morgan fingerprint density at radius 2 is 2.06 bits per heavy atom. The van der Waals surface area contributed by atoms with Gasteiger partial charge in [-0.15, -0.1) is 0 Å². The molecule has 2 nitrogen and oxygen atoms in total. The van der Waals surface area contributed by atoms with Gasteiger partial charge in [-0.25, -0.2) is 0 Å². The Morgan fingerprint density at radius 1 is 1.38 bits per heavy atom. The second-order valence-electron chi connectivity index (χ2n) is 6.56. The van der Waals surface area contributed by atoms with Gasteiger partial charge in [0, 0.05) is 6.04 Å². The van der Waals surface area contributed by atoms with E-state index in [2.05, 4.69) is 26.1 Å². The molecule has 2 N–H and O–H groups in total. The zero-order valence-corrected chi connectivity index (χ0v) is 11.4. The summed E-state index contributed by atoms with van der Waals surface area (Å²) in [4.78, 5) is 0. The molecule has 0 spiro atoms. The molecule has 1 rings (SSSR count). The quantitative estimate of drug-likeness (QED) is 0.757. The molecular formula is C14H29NO. The monoisotopic (exact) mass is 227 g/mol. The van der Waals surface area contributed by atoms with Crippen molar-refractivity contribution in [1.29, 1.82) is 0 Å². The van der Waals surface area contributed by atoms with Crippen LogP contribution in [0, 0.1) is 11.3 Å². The molecular weight excluding hydrogens is 198 g/mol. The molecule has 1 fully saturated rings. The fourth-order valence-electron chi connectivity index (χ4n) is 2.91. The maximum absolute atomic E-state index is 9.32. The Hall–Kier alpha value is -0.0800. The Morgan fingerprint density at radius 3 is 2.62 bits per heavy atom. The topological polar surface area (TPSA) is 32.3 Å². The molecule has 1 aliphatic rings. The van der Waals surface area contributed by atoms with Crippen LogP contribution in [0.5, 0.6) is 0 Å². The first-order chi connectivity index (χ1) is 7.39. The van der Waals surface area contributed by atoms with Gasteiger partial charge in [0.2, 0.25) is 0 Å². The second-order valence-corrected chi connectivity index (χ2v) is 6.56. The minimum absolute atomic E-state index is 0.167. The molecule has 96 valence electrons. The van der Waals surface area contributed by atoms with E-state index in [1.807, 2.05) is 6.92 Å². The van der Waals surface area contributed by atoms with Crippen LogP contribution in [0.4, 0.5) is 0 Å². The van der Waals surface area contributed by atoms with E-state index in [4.69, 9.17) is 0 Å². The summed E-state index contributed by atoms with van der Waals surface area (Å²) >= 11 is 0. The first-order valence-corrected chi connectivity index (χ1v) is 6.80. The van der Waals surface area contributed by atoms with Gasteiger partial charge < -0.3 is 10.4 Å². The summed E-state index contributed by atoms with van der Waals surface area (Å²) < 4.78 is 0. The van der Waals surface area contributed by atoms with Gasteiger partial charge in [0.25, 0.3) is 0 Å². The molecule has 0 aliphatic heterocycles. The molecule has 0 amide bonds. The summed E-state index contributed by atoms with van der Waals surface area (Å²) in [7, 11) is 0. The van der Waals surface area contributed by atoms with Crippen molar-refractivity contribution in [3.8, 4) is 0 Å². The van der Waals surface area contributed by atoms with Crippen LogP contribution < -0.4 is 5.32 Å². The van der Waals surface area contributed by atoms with E-state index in [0.717, 1.165) is 13.0 Å². The molecule has 1 aliphatic carbocycles. The van der Waals surface area contributed by atoms with Crippen molar-refractivity contribution in [2.24, 2.45) is 11.3 Å². The van der Waals surface area contributed by atoms with E-state index in [1.165, 1.54) is 25.7 Å². The average molecular weight is 227 g/mol. The third-order valence-corrected chi connectivity index (χ3v) is 3.70. The van der Waals surface area contributed by atoms with Crippen LogP contribution in [0.2, 0.25) is 0 Å². The molecule has 3 unspecified atom stereocenters. The van der Waals surface area contributed by atoms with Crippen LogP contribution in [-0.2, 0) is 0 Å². The van der Waals surface area contributed by atoms with Gasteiger partial charge in [0.15, 0.2) is 0 Å². The molecule has 0 heterocycles. The molecule has 1 saturated carbocycles. The number of rotatable bonds is 5. The number of aliphatic hydroxyl groups excluding tert-OH is 1. The SMILES string of the molecule is CC(O)CC(C)CNC1CCCC(C)(C)C1. The minimum atomic E-state index is -0.167. The van der Waals surface area contributed by atoms with Crippen LogP contribution in [0.1, 0.15) is 59.8 Å². The van der Waals surface area contributed by atoms with E-state index in [0.29, 0.717) is 17.4 Å². The summed E-state index contributed by atoms with van der Waals surface area (Å²) in [6.45, 7) is 9.89. The third-order valence-electron chi connectivity index (χ3n) is 3.70. The first-order valence-electron chi connectivity index (χ1n) is 6.80. The van der Waals surface area contributed by atoms with Gasteiger partial charge in [-0.05, 0) is 50.5 Å². The summed E-state index contributed by atoms with van der Waals surface area (Å²) in [5, 5.41) is 13.0. The molecule has 0 radical (unpaired) electrons. The first kappa shape index (κ1) is 14.0. The second kappa shape index (κ2) is 6.02. The molecule has 0 bridgehead atoms. The van der Waals surface area contributed by atoms with Crippen molar-refractivity contribution in [3.63, 3.8) is 0 Å². The number of hydrogen-bond donors (Lipinski definition) is 2. The normalized spacial score (nSPS) is 28.7. The van der Waals surface area contributed by atoms with Gasteiger partial charge in [0.1, 0.15) is 0 Å². The lowest BCUT2D eigenvalue weighted by atomic mass is 9.75. The van der Waals surface area contributed by atoms with E-state index < -0.39 is 0 Å². The van der Waals surface area contributed by atoms with Gasteiger partial charge in [-0.1, -0.05) is 27.2 Å². The standard InChI is InChI=1S/C14H29NO/c1-11(8-12(2)16)10-15-13-6-5-7-14(3,4)9-13/h11-13,15-16H,5-10H2,1-4H3. The fourth-order valence-corrected chi connectivity index (χ4v) is 2.91. The maximum Gasteiger partial charge on any atom is 0.0515 e. The van der Waals surface area contributed by atoms with Crippen LogP contribution in [0.15, 0.2) is 0 Å². The van der Waals surface area contributed by atoms with E-state index in [1.54, 1.807) is 0 Å². The lowest BCUT2D eigenvalue weighted by Crippen LogP contribution is -2.39. The molecule has 2 heteroatoms. The molecule has 0 aromatic carbocycles. The zero-order chi connectivity index (χ0) is 12.2. The Balaban J connectivity index is 2.22. The molecule has 0 aromatic heterocycles. The number of hydrogen-bond acceptors (Lipinski definition) is 2. The van der Waals surface area contributed by atoms with Crippen LogP contribution in [0.3, 0.4) is 0 Å². The van der Waals surface area contributed by atoms with Gasteiger partial charge >= 0.3 is 0 Å². The van der Waals surface area contributed by atoms with Crippen LogP contribution in [-0.4, -0.2) is 23.8 Å². The highest BCUT2D eigenvalue weighted by Gasteiger charge is 2.27. The van der Waals surface area contributed by atoms with Crippen LogP contribution in [0.25, 0.3) is 0 Å². The predicted octanol–water partition coefficient (Wildman–Crippen LogP) is 2.95. The van der Waals surface area contributed by atoms with Crippen molar-refractivity contribution >= 4 is 0 Å². The zero-order valence-electron chi connectivity index (χ0n) is 11.4. The molecule has 3 atom stereocenters. The Bertz CT molecular complexity index is 201. The lowest BCUT2D eigenvalue weighted by Gasteiger charge is -2.36. The van der Waals surface area contributed by atoms with Crippen molar-refractivity contribution in [1.82, 2.24) is 5.32 Å². The number of nitrogens with one attached hydrogen (secondary N) is 1. The Kier molecular flexibility index (Phi) is 5.26. The van der Waals surface area contributed by atoms with Gasteiger partial charge in [-0.2, -0.15) is 0 Å². The molecule has 0 aromatic rings. The lowest BCUT2D eigenvalue weighted by molar-refractivity contribution is 0.155. The molecule has 0 saturated heterocycles. The van der Waals surface area contributed by atoms with Crippen molar-refractivity contribution in [3.05, 3.63) is 0 Å². The van der Waals surface area contributed by atoms with Crippen molar-refractivity contribution < 1.29 is 5.11 Å². The summed E-state index contributed by atoms with van der Waals surface area (Å²) in [6, 6.07) is 0.695. The average Bonchev–Trinajstić information content (AvgIpc) is 2.12. The van der Waals surface area contributed by atoms with Crippen molar-refractivity contribution in [2.75, 3.05) is 6.54 Å². The maximum atomic E-state index is 9.32. The van der Waals surface area contributed by atoms with Crippen LogP contribution >= 0.6 is 0 Å². The van der Waals surface area contributed by atoms with Crippen molar-refractivity contribution in [2.45, 2.75) is 71.9 Å². The predicted molar refractivity (Wildman–Crippen MR) is 69.5 cm³/mol. The summed E-state index contributed by atoms with van der Waals surface area (Å²) in [5.74, 6) is 0.574. The van der Waals surface area contributed by atoms with E-state index >= 15 is 0 Å². The van der Waals surface area contributed by atoms with E-state index in [-0.39, 0.29) is 6.10 Å². The largest absolute Gasteiger partial charge is 0.393 e. The summed E-state index contributed by atoms with van der Waals surface area (Å²) in [6.07, 6.45) is 6.09. The highest BCUT2D eigenvalue weighted by Crippen LogP contribution is 2.35. The third kappa shape index (κ3) is 5.31. The number of aliphatic hydroxyl groups is 1. The van der Waals surface area contributed by atoms with Gasteiger partial charge in [0.05, 0.1) is 6.10 Å². The van der Waals surface area contributed by atoms with E-state index in [9.17, 15) is 5.11 Å². The summed E-state index contributed by atoms with van der Waals surface area (Å²) in [5.41, 5.74) is 0.517. The molecule has 16 heavy (non-hydrogen) atoms. The highest BCUT2D eigenvalue weighted by atomic mass is 16.3. The fraction of sp³-hybridized carbons (Fsp3) is 1.00. The smallest absolute Gasteiger partial charge is 0.0515 e. The minimum Gasteiger partial charge on any atom is -0.393 e. The van der Waals surface area contributed by atoms with Gasteiger partial charge in [-0.3, -0.25) is 0 Å².